The molecule has 0 saturated carbocycles. The highest BCUT2D eigenvalue weighted by molar-refractivity contribution is 9.10. The Hall–Kier alpha value is -2.08. The van der Waals surface area contributed by atoms with E-state index in [0.29, 0.717) is 5.75 Å². The van der Waals surface area contributed by atoms with Crippen LogP contribution in [0.2, 0.25) is 0 Å². The maximum absolute atomic E-state index is 11.7. The third-order valence-corrected chi connectivity index (χ3v) is 3.72. The van der Waals surface area contributed by atoms with Crippen LogP contribution in [0.25, 0.3) is 0 Å². The number of furan rings is 1. The van der Waals surface area contributed by atoms with Gasteiger partial charge in [0.05, 0.1) is 23.2 Å². The van der Waals surface area contributed by atoms with Crippen LogP contribution in [0, 0.1) is 0 Å². The zero-order valence-electron chi connectivity index (χ0n) is 13.3. The molecule has 0 unspecified atom stereocenters. The lowest BCUT2D eigenvalue weighted by molar-refractivity contribution is -0.123. The van der Waals surface area contributed by atoms with Crippen molar-refractivity contribution in [2.24, 2.45) is 5.10 Å². The van der Waals surface area contributed by atoms with Gasteiger partial charge in [-0.2, -0.15) is 5.10 Å². The Balaban J connectivity index is 1.87. The summed E-state index contributed by atoms with van der Waals surface area (Å²) in [7, 11) is 0. The summed E-state index contributed by atoms with van der Waals surface area (Å²) >= 11 is 3.47. The summed E-state index contributed by atoms with van der Waals surface area (Å²) in [5.74, 6) is 0.281. The van der Waals surface area contributed by atoms with Crippen LogP contribution in [0.15, 0.2) is 50.8 Å². The monoisotopic (exact) mass is 378 g/mol. The van der Waals surface area contributed by atoms with Crippen LogP contribution in [0.4, 0.5) is 0 Å². The molecule has 1 heterocycles. The van der Waals surface area contributed by atoms with Crippen molar-refractivity contribution in [1.29, 1.82) is 0 Å². The molecule has 5 nitrogen and oxygen atoms in total. The van der Waals surface area contributed by atoms with E-state index in [2.05, 4.69) is 47.2 Å². The molecule has 1 aromatic carbocycles. The van der Waals surface area contributed by atoms with E-state index in [-0.39, 0.29) is 17.9 Å². The Kier molecular flexibility index (Phi) is 5.60. The first-order valence-corrected chi connectivity index (χ1v) is 7.92. The molecule has 0 atom stereocenters. The van der Waals surface area contributed by atoms with E-state index in [0.717, 1.165) is 10.0 Å². The van der Waals surface area contributed by atoms with Crippen LogP contribution in [0.1, 0.15) is 31.9 Å². The van der Waals surface area contributed by atoms with Crippen LogP contribution in [-0.2, 0) is 10.2 Å². The van der Waals surface area contributed by atoms with E-state index < -0.39 is 0 Å². The predicted octanol–water partition coefficient (Wildman–Crippen LogP) is 3.87. The Morgan fingerprint density at radius 1 is 1.39 bits per heavy atom. The number of hydrogen-bond acceptors (Lipinski definition) is 4. The first-order chi connectivity index (χ1) is 10.9. The summed E-state index contributed by atoms with van der Waals surface area (Å²) in [5, 5.41) is 3.82. The van der Waals surface area contributed by atoms with Crippen LogP contribution in [0.3, 0.4) is 0 Å². The topological polar surface area (TPSA) is 63.8 Å². The quantitative estimate of drug-likeness (QED) is 0.634. The lowest BCUT2D eigenvalue weighted by Crippen LogP contribution is -2.24. The summed E-state index contributed by atoms with van der Waals surface area (Å²) in [5.41, 5.74) is 4.41. The maximum Gasteiger partial charge on any atom is 0.277 e. The fourth-order valence-corrected chi connectivity index (χ4v) is 2.28. The molecule has 0 aliphatic heterocycles. The molecule has 0 fully saturated rings. The maximum atomic E-state index is 11.7. The minimum atomic E-state index is -0.337. The number of hydrazone groups is 1. The number of hydrogen-bond donors (Lipinski definition) is 1. The summed E-state index contributed by atoms with van der Waals surface area (Å²) in [6, 6.07) is 7.59. The van der Waals surface area contributed by atoms with Gasteiger partial charge in [0.25, 0.3) is 5.91 Å². The van der Waals surface area contributed by atoms with Gasteiger partial charge in [-0.15, -0.1) is 0 Å². The minimum Gasteiger partial charge on any atom is -0.483 e. The zero-order valence-corrected chi connectivity index (χ0v) is 14.9. The van der Waals surface area contributed by atoms with Gasteiger partial charge in [-0.3, -0.25) is 4.79 Å². The molecule has 23 heavy (non-hydrogen) atoms. The third kappa shape index (κ3) is 5.25. The molecule has 0 aliphatic rings. The third-order valence-electron chi connectivity index (χ3n) is 3.10. The van der Waals surface area contributed by atoms with Gasteiger partial charge in [-0.25, -0.2) is 5.43 Å². The fraction of sp³-hybridized carbons (Fsp3) is 0.294. The number of rotatable bonds is 5. The number of ether oxygens (including phenoxy) is 1. The largest absolute Gasteiger partial charge is 0.483 e. The van der Waals surface area contributed by atoms with Gasteiger partial charge in [-0.05, 0) is 45.1 Å². The first kappa shape index (κ1) is 17.3. The van der Waals surface area contributed by atoms with Crippen LogP contribution in [-0.4, -0.2) is 18.7 Å². The Morgan fingerprint density at radius 2 is 2.17 bits per heavy atom. The summed E-state index contributed by atoms with van der Waals surface area (Å²) in [6.07, 6.45) is 4.56. The van der Waals surface area contributed by atoms with Crippen LogP contribution in [0.5, 0.6) is 5.75 Å². The smallest absolute Gasteiger partial charge is 0.277 e. The molecule has 1 aromatic heterocycles. The molecular formula is C17H19BrN2O3. The first-order valence-electron chi connectivity index (χ1n) is 7.13. The average molecular weight is 379 g/mol. The molecule has 0 spiro atoms. The van der Waals surface area contributed by atoms with Crippen LogP contribution >= 0.6 is 15.9 Å². The molecule has 0 radical (unpaired) electrons. The number of halogens is 1. The minimum absolute atomic E-state index is 0.0558. The van der Waals surface area contributed by atoms with Crippen molar-refractivity contribution in [2.45, 2.75) is 26.2 Å². The second-order valence-corrected chi connectivity index (χ2v) is 6.89. The molecule has 1 N–H and O–H groups in total. The summed E-state index contributed by atoms with van der Waals surface area (Å²) < 4.78 is 11.2. The molecular weight excluding hydrogens is 360 g/mol. The summed E-state index contributed by atoms with van der Waals surface area (Å²) in [6.45, 7) is 6.30. The van der Waals surface area contributed by atoms with Crippen molar-refractivity contribution >= 4 is 28.1 Å². The number of nitrogens with one attached hydrogen (secondary N) is 1. The highest BCUT2D eigenvalue weighted by Crippen LogP contribution is 2.31. The van der Waals surface area contributed by atoms with E-state index in [1.807, 2.05) is 18.2 Å². The zero-order chi connectivity index (χ0) is 16.9. The number of carbonyl (C=O) groups excluding carboxylic acids is 1. The highest BCUT2D eigenvalue weighted by Gasteiger charge is 2.15. The number of benzene rings is 1. The SMILES string of the molecule is CC(C)(C)c1ccc(OCC(=O)NN=Cc2ccoc2)c(Br)c1. The molecule has 1 amide bonds. The molecule has 122 valence electrons. The van der Waals surface area contributed by atoms with Gasteiger partial charge in [0.2, 0.25) is 0 Å². The number of carbonyl (C=O) groups is 1. The standard InChI is InChI=1S/C17H19BrN2O3/c1-17(2,3)13-4-5-15(14(18)8-13)23-11-16(21)20-19-9-12-6-7-22-10-12/h4-10H,11H2,1-3H3,(H,20,21). The Morgan fingerprint density at radius 3 is 2.78 bits per heavy atom. The lowest BCUT2D eigenvalue weighted by Gasteiger charge is -2.20. The van der Waals surface area contributed by atoms with Crippen LogP contribution < -0.4 is 10.2 Å². The van der Waals surface area contributed by atoms with Gasteiger partial charge in [0.1, 0.15) is 5.75 Å². The van der Waals surface area contributed by atoms with Gasteiger partial charge < -0.3 is 9.15 Å². The van der Waals surface area contributed by atoms with Gasteiger partial charge in [0, 0.05) is 5.56 Å². The Labute approximate surface area is 143 Å². The highest BCUT2D eigenvalue weighted by atomic mass is 79.9. The van der Waals surface area contributed by atoms with Crippen molar-refractivity contribution in [3.63, 3.8) is 0 Å². The van der Waals surface area contributed by atoms with Crippen molar-refractivity contribution in [1.82, 2.24) is 5.43 Å². The normalized spacial score (nSPS) is 11.7. The van der Waals surface area contributed by atoms with Gasteiger partial charge >= 0.3 is 0 Å². The van der Waals surface area contributed by atoms with E-state index in [9.17, 15) is 4.79 Å². The van der Waals surface area contributed by atoms with Crippen molar-refractivity contribution < 1.29 is 13.9 Å². The molecule has 2 aromatic rings. The van der Waals surface area contributed by atoms with Gasteiger partial charge in [0.15, 0.2) is 6.61 Å². The lowest BCUT2D eigenvalue weighted by atomic mass is 9.87. The number of amides is 1. The van der Waals surface area contributed by atoms with E-state index in [1.54, 1.807) is 6.07 Å². The second-order valence-electron chi connectivity index (χ2n) is 6.03. The molecule has 2 rings (SSSR count). The molecule has 6 heteroatoms. The second kappa shape index (κ2) is 7.46. The van der Waals surface area contributed by atoms with Crippen molar-refractivity contribution in [3.8, 4) is 5.75 Å². The Bertz CT molecular complexity index is 688. The van der Waals surface area contributed by atoms with E-state index in [1.165, 1.54) is 24.3 Å². The predicted molar refractivity (Wildman–Crippen MR) is 92.8 cm³/mol. The molecule has 0 bridgehead atoms. The average Bonchev–Trinajstić information content (AvgIpc) is 2.98. The summed E-state index contributed by atoms with van der Waals surface area (Å²) in [4.78, 5) is 11.7. The van der Waals surface area contributed by atoms with E-state index in [4.69, 9.17) is 9.15 Å². The van der Waals surface area contributed by atoms with E-state index >= 15 is 0 Å². The van der Waals surface area contributed by atoms with Gasteiger partial charge in [-0.1, -0.05) is 26.8 Å². The van der Waals surface area contributed by atoms with Crippen molar-refractivity contribution in [2.75, 3.05) is 6.61 Å². The fourth-order valence-electron chi connectivity index (χ4n) is 1.79. The number of nitrogens with zero attached hydrogens (tertiary/aromatic N) is 1. The molecule has 0 aliphatic carbocycles. The van der Waals surface area contributed by atoms with Crippen molar-refractivity contribution in [3.05, 3.63) is 52.4 Å². The molecule has 0 saturated heterocycles.